The SMILES string of the molecule is COc1cc(OC(F)(F)F)ccc1[C@H]1[C@H](C(=O)Nc2ccncc2C#N)O[C@@](C)(C(F)(F)F)[C@H]1C. The fraction of sp³-hybridized carbons (Fsp3) is 0.409. The van der Waals surface area contributed by atoms with Crippen molar-refractivity contribution in [2.24, 2.45) is 5.92 Å². The van der Waals surface area contributed by atoms with Gasteiger partial charge in [0.1, 0.15) is 23.7 Å². The molecule has 1 fully saturated rings. The smallest absolute Gasteiger partial charge is 0.496 e. The van der Waals surface area contributed by atoms with E-state index >= 15 is 0 Å². The largest absolute Gasteiger partial charge is 0.573 e. The summed E-state index contributed by atoms with van der Waals surface area (Å²) in [6, 6.07) is 5.96. The summed E-state index contributed by atoms with van der Waals surface area (Å²) in [4.78, 5) is 16.9. The summed E-state index contributed by atoms with van der Waals surface area (Å²) in [7, 11) is 1.12. The van der Waals surface area contributed by atoms with Gasteiger partial charge in [0.2, 0.25) is 0 Å². The van der Waals surface area contributed by atoms with Crippen LogP contribution in [0.4, 0.5) is 32.0 Å². The number of halogens is 6. The molecule has 0 saturated carbocycles. The number of hydrogen-bond donors (Lipinski definition) is 1. The molecule has 1 N–H and O–H groups in total. The van der Waals surface area contributed by atoms with E-state index in [9.17, 15) is 36.4 Å². The summed E-state index contributed by atoms with van der Waals surface area (Å²) in [6.45, 7) is 2.01. The number of pyridine rings is 1. The Morgan fingerprint density at radius 1 is 1.23 bits per heavy atom. The number of carbonyl (C=O) groups is 1. The molecule has 0 unspecified atom stereocenters. The molecule has 1 amide bonds. The Kier molecular flexibility index (Phi) is 6.90. The summed E-state index contributed by atoms with van der Waals surface area (Å²) in [5.41, 5.74) is -2.79. The monoisotopic (exact) mass is 503 g/mol. The molecule has 13 heteroatoms. The van der Waals surface area contributed by atoms with Crippen molar-refractivity contribution < 1.29 is 45.3 Å². The fourth-order valence-corrected chi connectivity index (χ4v) is 3.98. The van der Waals surface area contributed by atoms with E-state index < -0.39 is 47.7 Å². The van der Waals surface area contributed by atoms with Crippen molar-refractivity contribution >= 4 is 11.6 Å². The Balaban J connectivity index is 2.07. The number of aromatic nitrogens is 1. The summed E-state index contributed by atoms with van der Waals surface area (Å²) in [5, 5.41) is 11.6. The maximum Gasteiger partial charge on any atom is 0.573 e. The van der Waals surface area contributed by atoms with Crippen LogP contribution >= 0.6 is 0 Å². The van der Waals surface area contributed by atoms with E-state index in [0.29, 0.717) is 0 Å². The third-order valence-electron chi connectivity index (χ3n) is 5.92. The minimum atomic E-state index is -5.00. The maximum atomic E-state index is 14.0. The number of methoxy groups -OCH3 is 1. The highest BCUT2D eigenvalue weighted by molar-refractivity contribution is 5.96. The third-order valence-corrected chi connectivity index (χ3v) is 5.92. The van der Waals surface area contributed by atoms with E-state index in [1.807, 2.05) is 0 Å². The Labute approximate surface area is 195 Å². The second-order valence-electron chi connectivity index (χ2n) is 7.93. The molecule has 0 bridgehead atoms. The van der Waals surface area contributed by atoms with Crippen molar-refractivity contribution in [1.82, 2.24) is 4.98 Å². The molecule has 2 aromatic rings. The highest BCUT2D eigenvalue weighted by Crippen LogP contribution is 2.55. The number of carbonyl (C=O) groups excluding carboxylic acids is 1. The lowest BCUT2D eigenvalue weighted by atomic mass is 9.77. The van der Waals surface area contributed by atoms with Gasteiger partial charge >= 0.3 is 12.5 Å². The maximum absolute atomic E-state index is 14.0. The first-order valence-corrected chi connectivity index (χ1v) is 10.0. The van der Waals surface area contributed by atoms with Gasteiger partial charge in [0.05, 0.1) is 18.4 Å². The lowest BCUT2D eigenvalue weighted by molar-refractivity contribution is -0.274. The number of rotatable bonds is 5. The summed E-state index contributed by atoms with van der Waals surface area (Å²) >= 11 is 0. The van der Waals surface area contributed by atoms with Crippen LogP contribution in [0, 0.1) is 17.2 Å². The molecule has 3 rings (SSSR count). The lowest BCUT2D eigenvalue weighted by Crippen LogP contribution is -2.47. The van der Waals surface area contributed by atoms with Gasteiger partial charge in [-0.15, -0.1) is 13.2 Å². The average Bonchev–Trinajstić information content (AvgIpc) is 3.05. The predicted octanol–water partition coefficient (Wildman–Crippen LogP) is 4.94. The topological polar surface area (TPSA) is 93.5 Å². The van der Waals surface area contributed by atoms with Gasteiger partial charge in [-0.1, -0.05) is 13.0 Å². The number of nitrogens with zero attached hydrogens (tertiary/aromatic N) is 2. The first kappa shape index (κ1) is 26.1. The Morgan fingerprint density at radius 3 is 2.49 bits per heavy atom. The molecule has 35 heavy (non-hydrogen) atoms. The molecule has 1 aromatic carbocycles. The highest BCUT2D eigenvalue weighted by Gasteiger charge is 2.65. The van der Waals surface area contributed by atoms with Crippen LogP contribution in [0.3, 0.4) is 0 Å². The van der Waals surface area contributed by atoms with Crippen molar-refractivity contribution in [2.75, 3.05) is 12.4 Å². The van der Waals surface area contributed by atoms with E-state index in [0.717, 1.165) is 38.4 Å². The van der Waals surface area contributed by atoms with Gasteiger partial charge in [-0.05, 0) is 19.1 Å². The summed E-state index contributed by atoms with van der Waals surface area (Å²) in [6.07, 6.45) is -9.20. The molecule has 0 spiro atoms. The van der Waals surface area contributed by atoms with Gasteiger partial charge in [-0.3, -0.25) is 9.78 Å². The summed E-state index contributed by atoms with van der Waals surface area (Å²) < 4.78 is 94.2. The highest BCUT2D eigenvalue weighted by atomic mass is 19.4. The van der Waals surface area contributed by atoms with Gasteiger partial charge in [0.15, 0.2) is 5.60 Å². The molecule has 2 heterocycles. The number of anilines is 1. The van der Waals surface area contributed by atoms with Gasteiger partial charge < -0.3 is 19.5 Å². The van der Waals surface area contributed by atoms with E-state index in [1.165, 1.54) is 19.2 Å². The Bertz CT molecular complexity index is 1150. The Hall–Kier alpha value is -3.53. The lowest BCUT2D eigenvalue weighted by Gasteiger charge is -2.32. The Morgan fingerprint density at radius 2 is 1.91 bits per heavy atom. The van der Waals surface area contributed by atoms with Crippen LogP contribution < -0.4 is 14.8 Å². The van der Waals surface area contributed by atoms with Crippen LogP contribution in [0.2, 0.25) is 0 Å². The van der Waals surface area contributed by atoms with Crippen LogP contribution in [0.5, 0.6) is 11.5 Å². The van der Waals surface area contributed by atoms with E-state index in [2.05, 4.69) is 15.0 Å². The molecular weight excluding hydrogens is 484 g/mol. The zero-order chi connectivity index (χ0) is 26.2. The average molecular weight is 503 g/mol. The molecule has 0 radical (unpaired) electrons. The molecule has 188 valence electrons. The molecular formula is C22H19F6N3O4. The number of nitriles is 1. The molecule has 1 aliphatic rings. The second-order valence-corrected chi connectivity index (χ2v) is 7.93. The van der Waals surface area contributed by atoms with Crippen molar-refractivity contribution in [3.63, 3.8) is 0 Å². The van der Waals surface area contributed by atoms with Crippen molar-refractivity contribution in [3.05, 3.63) is 47.8 Å². The van der Waals surface area contributed by atoms with Crippen molar-refractivity contribution in [2.45, 2.75) is 44.0 Å². The number of amides is 1. The molecule has 4 atom stereocenters. The number of hydrogen-bond acceptors (Lipinski definition) is 6. The molecule has 1 aliphatic heterocycles. The van der Waals surface area contributed by atoms with Gasteiger partial charge in [0.25, 0.3) is 5.91 Å². The van der Waals surface area contributed by atoms with Crippen molar-refractivity contribution in [3.8, 4) is 17.6 Å². The van der Waals surface area contributed by atoms with Crippen LogP contribution in [0.1, 0.15) is 30.9 Å². The second kappa shape index (κ2) is 9.26. The van der Waals surface area contributed by atoms with Gasteiger partial charge in [-0.25, -0.2) is 0 Å². The normalized spacial score (nSPS) is 24.5. The molecule has 7 nitrogen and oxygen atoms in total. The molecule has 1 saturated heterocycles. The van der Waals surface area contributed by atoms with E-state index in [1.54, 1.807) is 6.07 Å². The van der Waals surface area contributed by atoms with Crippen molar-refractivity contribution in [1.29, 1.82) is 5.26 Å². The number of alkyl halides is 6. The first-order valence-electron chi connectivity index (χ1n) is 10.0. The zero-order valence-corrected chi connectivity index (χ0v) is 18.5. The molecule has 1 aromatic heterocycles. The van der Waals surface area contributed by atoms with E-state index in [4.69, 9.17) is 9.47 Å². The minimum Gasteiger partial charge on any atom is -0.496 e. The van der Waals surface area contributed by atoms with Gasteiger partial charge in [0, 0.05) is 35.9 Å². The van der Waals surface area contributed by atoms with Crippen LogP contribution in [0.15, 0.2) is 36.7 Å². The number of benzene rings is 1. The molecule has 0 aliphatic carbocycles. The summed E-state index contributed by atoms with van der Waals surface area (Å²) in [5.74, 6) is -4.52. The quantitative estimate of drug-likeness (QED) is 0.582. The standard InChI is InChI=1S/C22H19F6N3O4/c1-11-17(14-5-4-13(8-16(14)33-3)34-22(26,27)28)18(35-20(11,2)21(23,24)25)19(32)31-15-6-7-30-10-12(15)9-29/h4-8,10-11,17-18H,1-3H3,(H,30,31,32)/t11-,17-,18+,20+/m0/s1. The third kappa shape index (κ3) is 5.12. The zero-order valence-electron chi connectivity index (χ0n) is 18.5. The number of nitrogens with one attached hydrogen (secondary N) is 1. The van der Waals surface area contributed by atoms with Crippen LogP contribution in [0.25, 0.3) is 0 Å². The fourth-order valence-electron chi connectivity index (χ4n) is 3.98. The van der Waals surface area contributed by atoms with Gasteiger partial charge in [-0.2, -0.15) is 18.4 Å². The van der Waals surface area contributed by atoms with Crippen LogP contribution in [-0.2, 0) is 9.53 Å². The van der Waals surface area contributed by atoms with E-state index in [-0.39, 0.29) is 22.6 Å². The predicted molar refractivity (Wildman–Crippen MR) is 108 cm³/mol. The van der Waals surface area contributed by atoms with Crippen LogP contribution in [-0.4, -0.2) is 42.2 Å². The number of ether oxygens (including phenoxy) is 3. The minimum absolute atomic E-state index is 0.00371. The first-order chi connectivity index (χ1) is 16.2.